The normalized spacial score (nSPS) is 26.0. The summed E-state index contributed by atoms with van der Waals surface area (Å²) in [5, 5.41) is 16.4. The van der Waals surface area contributed by atoms with E-state index in [1.165, 1.54) is 11.1 Å². The smallest absolute Gasteiger partial charge is 0.123 e. The van der Waals surface area contributed by atoms with Gasteiger partial charge in [0.15, 0.2) is 0 Å². The second kappa shape index (κ2) is 6.53. The van der Waals surface area contributed by atoms with Gasteiger partial charge in [-0.15, -0.1) is 12.4 Å². The molecule has 1 fully saturated rings. The molecule has 5 heteroatoms. The molecule has 2 heterocycles. The molecule has 1 aromatic carbocycles. The van der Waals surface area contributed by atoms with Crippen molar-refractivity contribution >= 4 is 12.4 Å². The number of benzene rings is 1. The summed E-state index contributed by atoms with van der Waals surface area (Å²) in [5.74, 6) is 1.35. The molecule has 0 aromatic heterocycles. The first kappa shape index (κ1) is 16.6. The van der Waals surface area contributed by atoms with Crippen molar-refractivity contribution in [1.29, 1.82) is 0 Å². The zero-order valence-corrected chi connectivity index (χ0v) is 13.5. The van der Waals surface area contributed by atoms with E-state index in [9.17, 15) is 5.11 Å². The molecular formula is C16H25ClN2O2. The summed E-state index contributed by atoms with van der Waals surface area (Å²) in [6, 6.07) is 6.43. The topological polar surface area (TPSA) is 53.5 Å². The van der Waals surface area contributed by atoms with Gasteiger partial charge in [0.25, 0.3) is 0 Å². The van der Waals surface area contributed by atoms with Gasteiger partial charge in [0.2, 0.25) is 0 Å². The van der Waals surface area contributed by atoms with Crippen molar-refractivity contribution in [2.75, 3.05) is 19.6 Å². The number of ether oxygens (including phenoxy) is 1. The maximum atomic E-state index is 9.75. The highest BCUT2D eigenvalue weighted by Gasteiger charge is 2.30. The average molecular weight is 313 g/mol. The fourth-order valence-electron chi connectivity index (χ4n) is 3.10. The molecule has 1 aromatic rings. The van der Waals surface area contributed by atoms with Gasteiger partial charge in [-0.25, -0.2) is 0 Å². The molecule has 1 saturated heterocycles. The minimum absolute atomic E-state index is 0. The number of hydrogen-bond donors (Lipinski definition) is 3. The minimum Gasteiger partial charge on any atom is -0.487 e. The van der Waals surface area contributed by atoms with Crippen LogP contribution in [0.15, 0.2) is 18.2 Å². The quantitative estimate of drug-likeness (QED) is 0.788. The van der Waals surface area contributed by atoms with Crippen LogP contribution in [-0.4, -0.2) is 36.4 Å². The number of hydrogen-bond acceptors (Lipinski definition) is 4. The number of halogens is 1. The highest BCUT2D eigenvalue weighted by Crippen LogP contribution is 2.35. The predicted molar refractivity (Wildman–Crippen MR) is 86.2 cm³/mol. The third kappa shape index (κ3) is 3.89. The Balaban J connectivity index is 0.00000161. The molecule has 4 nitrogen and oxygen atoms in total. The number of aliphatic hydroxyl groups is 1. The van der Waals surface area contributed by atoms with Crippen LogP contribution in [0.25, 0.3) is 0 Å². The molecule has 21 heavy (non-hydrogen) atoms. The average Bonchev–Trinajstić information content (AvgIpc) is 2.91. The van der Waals surface area contributed by atoms with Crippen LogP contribution >= 0.6 is 12.4 Å². The summed E-state index contributed by atoms with van der Waals surface area (Å²) in [6.07, 6.45) is 0.762. The molecule has 2 atom stereocenters. The minimum atomic E-state index is -0.211. The summed E-state index contributed by atoms with van der Waals surface area (Å²) in [7, 11) is 0. The molecule has 2 aliphatic heterocycles. The second-order valence-corrected chi connectivity index (χ2v) is 6.60. The van der Waals surface area contributed by atoms with E-state index in [1.807, 2.05) is 0 Å². The molecule has 0 amide bonds. The molecule has 0 spiro atoms. The Morgan fingerprint density at radius 1 is 1.38 bits per heavy atom. The first-order valence-corrected chi connectivity index (χ1v) is 7.44. The van der Waals surface area contributed by atoms with Gasteiger partial charge in [0, 0.05) is 38.5 Å². The zero-order chi connectivity index (χ0) is 14.2. The summed E-state index contributed by atoms with van der Waals surface area (Å²) < 4.78 is 5.89. The Morgan fingerprint density at radius 2 is 2.19 bits per heavy atom. The molecule has 0 radical (unpaired) electrons. The van der Waals surface area contributed by atoms with Crippen LogP contribution in [0.1, 0.15) is 25.0 Å². The van der Waals surface area contributed by atoms with Crippen molar-refractivity contribution in [1.82, 2.24) is 10.6 Å². The maximum absolute atomic E-state index is 9.75. The van der Waals surface area contributed by atoms with Gasteiger partial charge in [-0.1, -0.05) is 12.1 Å². The van der Waals surface area contributed by atoms with Crippen molar-refractivity contribution in [3.8, 4) is 5.75 Å². The van der Waals surface area contributed by atoms with Gasteiger partial charge in [-0.05, 0) is 31.0 Å². The molecule has 0 saturated carbocycles. The van der Waals surface area contributed by atoms with Crippen LogP contribution in [0.3, 0.4) is 0 Å². The van der Waals surface area contributed by atoms with Crippen molar-refractivity contribution < 1.29 is 9.84 Å². The lowest BCUT2D eigenvalue weighted by atomic mass is 10.00. The summed E-state index contributed by atoms with van der Waals surface area (Å²) in [4.78, 5) is 0. The van der Waals surface area contributed by atoms with E-state index < -0.39 is 0 Å². The molecule has 2 unspecified atom stereocenters. The number of β-amino-alcohol motifs (C(OH)–C–C–N with tert-alkyl or cyclic N) is 1. The van der Waals surface area contributed by atoms with Crippen LogP contribution in [-0.2, 0) is 13.0 Å². The Kier molecular flexibility index (Phi) is 5.15. The lowest BCUT2D eigenvalue weighted by Gasteiger charge is -2.16. The predicted octanol–water partition coefficient (Wildman–Crippen LogP) is 1.49. The molecule has 3 rings (SSSR count). The summed E-state index contributed by atoms with van der Waals surface area (Å²) in [5.41, 5.74) is 2.51. The molecule has 3 N–H and O–H groups in total. The first-order chi connectivity index (χ1) is 9.53. The van der Waals surface area contributed by atoms with Crippen LogP contribution < -0.4 is 15.4 Å². The molecule has 0 aliphatic carbocycles. The summed E-state index contributed by atoms with van der Waals surface area (Å²) >= 11 is 0. The summed E-state index contributed by atoms with van der Waals surface area (Å²) in [6.45, 7) is 7.57. The third-order valence-electron chi connectivity index (χ3n) is 4.17. The van der Waals surface area contributed by atoms with Crippen LogP contribution in [0, 0.1) is 5.92 Å². The van der Waals surface area contributed by atoms with E-state index in [-0.39, 0.29) is 24.1 Å². The van der Waals surface area contributed by atoms with Gasteiger partial charge in [-0.3, -0.25) is 0 Å². The molecule has 118 valence electrons. The standard InChI is InChI=1S/C16H24N2O2.ClH/c1-16(2)6-12-5-11(3-4-15(12)20-16)7-17-8-13-9-18-10-14(13)19;/h3-5,13-14,17-19H,6-10H2,1-2H3;1H. The second-order valence-electron chi connectivity index (χ2n) is 6.60. The molecule has 0 bridgehead atoms. The fraction of sp³-hybridized carbons (Fsp3) is 0.625. The SMILES string of the molecule is CC1(C)Cc2cc(CNCC3CNCC3O)ccc2O1.Cl. The third-order valence-corrected chi connectivity index (χ3v) is 4.17. The first-order valence-electron chi connectivity index (χ1n) is 7.44. The van der Waals surface area contributed by atoms with Gasteiger partial charge in [-0.2, -0.15) is 0 Å². The number of aliphatic hydroxyl groups excluding tert-OH is 1. The van der Waals surface area contributed by atoms with Crippen LogP contribution in [0.4, 0.5) is 0 Å². The molecule has 2 aliphatic rings. The van der Waals surface area contributed by atoms with Crippen LogP contribution in [0.5, 0.6) is 5.75 Å². The Labute approximate surface area is 132 Å². The monoisotopic (exact) mass is 312 g/mol. The van der Waals surface area contributed by atoms with E-state index in [2.05, 4.69) is 42.7 Å². The Morgan fingerprint density at radius 3 is 2.90 bits per heavy atom. The van der Waals surface area contributed by atoms with Gasteiger partial charge >= 0.3 is 0 Å². The van der Waals surface area contributed by atoms with E-state index in [0.29, 0.717) is 5.92 Å². The van der Waals surface area contributed by atoms with Crippen LogP contribution in [0.2, 0.25) is 0 Å². The lowest BCUT2D eigenvalue weighted by Crippen LogP contribution is -2.30. The number of rotatable bonds is 4. The number of fused-ring (bicyclic) bond motifs is 1. The zero-order valence-electron chi connectivity index (χ0n) is 12.7. The highest BCUT2D eigenvalue weighted by molar-refractivity contribution is 5.85. The van der Waals surface area contributed by atoms with E-state index in [4.69, 9.17) is 4.74 Å². The Hall–Kier alpha value is -0.810. The van der Waals surface area contributed by atoms with Crippen molar-refractivity contribution in [2.45, 2.75) is 38.5 Å². The van der Waals surface area contributed by atoms with Gasteiger partial charge < -0.3 is 20.5 Å². The highest BCUT2D eigenvalue weighted by atomic mass is 35.5. The Bertz CT molecular complexity index is 493. The lowest BCUT2D eigenvalue weighted by molar-refractivity contribution is 0.138. The fourth-order valence-corrected chi connectivity index (χ4v) is 3.10. The number of nitrogens with one attached hydrogen (secondary N) is 2. The molecular weight excluding hydrogens is 288 g/mol. The van der Waals surface area contributed by atoms with Gasteiger partial charge in [0.05, 0.1) is 6.10 Å². The van der Waals surface area contributed by atoms with Crippen molar-refractivity contribution in [2.24, 2.45) is 5.92 Å². The largest absolute Gasteiger partial charge is 0.487 e. The van der Waals surface area contributed by atoms with Crippen molar-refractivity contribution in [3.05, 3.63) is 29.3 Å². The van der Waals surface area contributed by atoms with Gasteiger partial charge in [0.1, 0.15) is 11.4 Å². The van der Waals surface area contributed by atoms with E-state index in [1.54, 1.807) is 0 Å². The van der Waals surface area contributed by atoms with Crippen molar-refractivity contribution in [3.63, 3.8) is 0 Å². The van der Waals surface area contributed by atoms with E-state index in [0.717, 1.165) is 38.3 Å². The van der Waals surface area contributed by atoms with E-state index >= 15 is 0 Å². The maximum Gasteiger partial charge on any atom is 0.123 e.